The van der Waals surface area contributed by atoms with Gasteiger partial charge in [0.05, 0.1) is 10.8 Å². The van der Waals surface area contributed by atoms with Gasteiger partial charge in [0.25, 0.3) is 5.91 Å². The van der Waals surface area contributed by atoms with Gasteiger partial charge < -0.3 is 10.2 Å². The van der Waals surface area contributed by atoms with Crippen LogP contribution in [0.4, 0.5) is 0 Å². The summed E-state index contributed by atoms with van der Waals surface area (Å²) in [6.45, 7) is 10.4. The van der Waals surface area contributed by atoms with Crippen molar-refractivity contribution in [3.63, 3.8) is 0 Å². The molecule has 24 heavy (non-hydrogen) atoms. The number of amides is 2. The van der Waals surface area contributed by atoms with Gasteiger partial charge in [0.15, 0.2) is 0 Å². The summed E-state index contributed by atoms with van der Waals surface area (Å²) in [4.78, 5) is 31.2. The lowest BCUT2D eigenvalue weighted by Gasteiger charge is -2.21. The first kappa shape index (κ1) is 18.8. The molecule has 0 saturated carbocycles. The van der Waals surface area contributed by atoms with Crippen LogP contribution in [0, 0.1) is 5.41 Å². The SMILES string of the molecule is CC(Sc1ncccc1C(=O)NCC(C)(C)C)C(=O)N1CCCC1. The molecule has 0 spiro atoms. The highest BCUT2D eigenvalue weighted by Crippen LogP contribution is 2.27. The fourth-order valence-corrected chi connectivity index (χ4v) is 3.50. The van der Waals surface area contributed by atoms with Gasteiger partial charge >= 0.3 is 0 Å². The van der Waals surface area contributed by atoms with E-state index in [9.17, 15) is 9.59 Å². The van der Waals surface area contributed by atoms with Crippen LogP contribution in [0.3, 0.4) is 0 Å². The molecule has 1 aliphatic heterocycles. The van der Waals surface area contributed by atoms with Crippen LogP contribution in [0.1, 0.15) is 50.9 Å². The average molecular weight is 350 g/mol. The first-order chi connectivity index (χ1) is 11.3. The fraction of sp³-hybridized carbons (Fsp3) is 0.611. The smallest absolute Gasteiger partial charge is 0.254 e. The van der Waals surface area contributed by atoms with Crippen molar-refractivity contribution in [3.8, 4) is 0 Å². The summed E-state index contributed by atoms with van der Waals surface area (Å²) in [7, 11) is 0. The Balaban J connectivity index is 2.05. The molecule has 2 rings (SSSR count). The number of carbonyl (C=O) groups is 2. The molecule has 1 fully saturated rings. The Bertz CT molecular complexity index is 592. The Hall–Kier alpha value is -1.56. The van der Waals surface area contributed by atoms with Crippen LogP contribution in [-0.2, 0) is 4.79 Å². The predicted molar refractivity (Wildman–Crippen MR) is 97.2 cm³/mol. The Morgan fingerprint density at radius 1 is 1.33 bits per heavy atom. The molecule has 0 aromatic carbocycles. The van der Waals surface area contributed by atoms with Crippen molar-refractivity contribution in [2.75, 3.05) is 19.6 Å². The second-order valence-corrected chi connectivity index (χ2v) is 8.72. The fourth-order valence-electron chi connectivity index (χ4n) is 2.51. The number of pyridine rings is 1. The number of hydrogen-bond acceptors (Lipinski definition) is 4. The highest BCUT2D eigenvalue weighted by Gasteiger charge is 2.26. The lowest BCUT2D eigenvalue weighted by molar-refractivity contribution is -0.129. The molecule has 5 nitrogen and oxygen atoms in total. The van der Waals surface area contributed by atoms with E-state index in [1.54, 1.807) is 18.3 Å². The molecular formula is C18H27N3O2S. The highest BCUT2D eigenvalue weighted by atomic mass is 32.2. The first-order valence-electron chi connectivity index (χ1n) is 8.46. The summed E-state index contributed by atoms with van der Waals surface area (Å²) in [6, 6.07) is 3.52. The predicted octanol–water partition coefficient (Wildman–Crippen LogP) is 2.96. The van der Waals surface area contributed by atoms with Gasteiger partial charge in [-0.1, -0.05) is 32.5 Å². The zero-order valence-electron chi connectivity index (χ0n) is 15.0. The minimum Gasteiger partial charge on any atom is -0.351 e. The molecule has 0 radical (unpaired) electrons. The minimum atomic E-state index is -0.243. The van der Waals surface area contributed by atoms with E-state index in [4.69, 9.17) is 0 Å². The summed E-state index contributed by atoms with van der Waals surface area (Å²) in [6.07, 6.45) is 3.82. The van der Waals surface area contributed by atoms with E-state index in [-0.39, 0.29) is 22.5 Å². The van der Waals surface area contributed by atoms with Crippen molar-refractivity contribution in [2.45, 2.75) is 50.8 Å². The number of aromatic nitrogens is 1. The first-order valence-corrected chi connectivity index (χ1v) is 9.34. The Labute approximate surface area is 148 Å². The summed E-state index contributed by atoms with van der Waals surface area (Å²) in [5.41, 5.74) is 0.553. The topological polar surface area (TPSA) is 62.3 Å². The van der Waals surface area contributed by atoms with Crippen molar-refractivity contribution in [2.24, 2.45) is 5.41 Å². The van der Waals surface area contributed by atoms with E-state index < -0.39 is 0 Å². The van der Waals surface area contributed by atoms with Crippen molar-refractivity contribution in [1.29, 1.82) is 0 Å². The lowest BCUT2D eigenvalue weighted by Crippen LogP contribution is -2.34. The second-order valence-electron chi connectivity index (χ2n) is 7.39. The van der Waals surface area contributed by atoms with Gasteiger partial charge in [-0.05, 0) is 37.3 Å². The molecule has 132 valence electrons. The monoisotopic (exact) mass is 349 g/mol. The van der Waals surface area contributed by atoms with Crippen molar-refractivity contribution in [1.82, 2.24) is 15.2 Å². The molecule has 1 N–H and O–H groups in total. The molecule has 2 amide bonds. The third-order valence-corrected chi connectivity index (χ3v) is 4.95. The van der Waals surface area contributed by atoms with Crippen LogP contribution in [0.25, 0.3) is 0 Å². The number of carbonyl (C=O) groups excluding carboxylic acids is 2. The maximum atomic E-state index is 12.5. The van der Waals surface area contributed by atoms with Crippen molar-refractivity contribution >= 4 is 23.6 Å². The molecule has 1 unspecified atom stereocenters. The third kappa shape index (κ3) is 5.23. The van der Waals surface area contributed by atoms with Gasteiger partial charge in [-0.25, -0.2) is 4.98 Å². The van der Waals surface area contributed by atoms with Crippen molar-refractivity contribution < 1.29 is 9.59 Å². The summed E-state index contributed by atoms with van der Waals surface area (Å²) in [5, 5.41) is 3.32. The molecule has 1 aromatic rings. The van der Waals surface area contributed by atoms with Crippen molar-refractivity contribution in [3.05, 3.63) is 23.9 Å². The zero-order chi connectivity index (χ0) is 17.7. The normalized spacial score (nSPS) is 16.1. The number of hydrogen-bond donors (Lipinski definition) is 1. The number of nitrogens with zero attached hydrogens (tertiary/aromatic N) is 2. The molecule has 0 bridgehead atoms. The van der Waals surface area contributed by atoms with Gasteiger partial charge in [0, 0.05) is 25.8 Å². The van der Waals surface area contributed by atoms with Crippen LogP contribution < -0.4 is 5.32 Å². The number of thioether (sulfide) groups is 1. The van der Waals surface area contributed by atoms with E-state index in [0.717, 1.165) is 25.9 Å². The van der Waals surface area contributed by atoms with E-state index in [1.165, 1.54) is 11.8 Å². The van der Waals surface area contributed by atoms with Crippen LogP contribution in [0.2, 0.25) is 0 Å². The lowest BCUT2D eigenvalue weighted by atomic mass is 9.97. The largest absolute Gasteiger partial charge is 0.351 e. The number of likely N-dealkylation sites (tertiary alicyclic amines) is 1. The minimum absolute atomic E-state index is 0.0180. The Morgan fingerprint density at radius 3 is 2.62 bits per heavy atom. The summed E-state index contributed by atoms with van der Waals surface area (Å²) >= 11 is 1.36. The number of nitrogens with one attached hydrogen (secondary N) is 1. The average Bonchev–Trinajstić information content (AvgIpc) is 3.06. The third-order valence-electron chi connectivity index (χ3n) is 3.85. The Kier molecular flexibility index (Phi) is 6.27. The van der Waals surface area contributed by atoms with Gasteiger partial charge in [0.2, 0.25) is 5.91 Å². The summed E-state index contributed by atoms with van der Waals surface area (Å²) in [5.74, 6) is -0.00875. The summed E-state index contributed by atoms with van der Waals surface area (Å²) < 4.78 is 0. The highest BCUT2D eigenvalue weighted by molar-refractivity contribution is 8.00. The molecule has 1 aromatic heterocycles. The van der Waals surface area contributed by atoms with Gasteiger partial charge in [-0.3, -0.25) is 9.59 Å². The standard InChI is InChI=1S/C18H27N3O2S/c1-13(17(23)21-10-5-6-11-21)24-16-14(8-7-9-19-16)15(22)20-12-18(2,3)4/h7-9,13H,5-6,10-12H2,1-4H3,(H,20,22). The molecule has 1 atom stereocenters. The maximum absolute atomic E-state index is 12.5. The second kappa shape index (κ2) is 8.01. The number of rotatable bonds is 5. The van der Waals surface area contributed by atoms with E-state index in [2.05, 4.69) is 31.1 Å². The molecule has 6 heteroatoms. The molecule has 0 aliphatic carbocycles. The van der Waals surface area contributed by atoms with Crippen LogP contribution in [0.5, 0.6) is 0 Å². The molecule has 1 saturated heterocycles. The van der Waals surface area contributed by atoms with Gasteiger partial charge in [-0.2, -0.15) is 0 Å². The molecule has 1 aliphatic rings. The van der Waals surface area contributed by atoms with Crippen LogP contribution >= 0.6 is 11.8 Å². The zero-order valence-corrected chi connectivity index (χ0v) is 15.8. The van der Waals surface area contributed by atoms with Crippen LogP contribution in [0.15, 0.2) is 23.4 Å². The molecular weight excluding hydrogens is 322 g/mol. The van der Waals surface area contributed by atoms with E-state index >= 15 is 0 Å². The van der Waals surface area contributed by atoms with Gasteiger partial charge in [0.1, 0.15) is 5.03 Å². The van der Waals surface area contributed by atoms with E-state index in [1.807, 2.05) is 11.8 Å². The quantitative estimate of drug-likeness (QED) is 0.830. The molecule has 2 heterocycles. The maximum Gasteiger partial charge on any atom is 0.254 e. The van der Waals surface area contributed by atoms with E-state index in [0.29, 0.717) is 17.1 Å². The van der Waals surface area contributed by atoms with Gasteiger partial charge in [-0.15, -0.1) is 0 Å². The Morgan fingerprint density at radius 2 is 2.00 bits per heavy atom. The van der Waals surface area contributed by atoms with Crippen LogP contribution in [-0.4, -0.2) is 46.6 Å².